The number of hydrogen-bond acceptors (Lipinski definition) is 4. The molecule has 5 N–H and O–H groups in total. The highest BCUT2D eigenvalue weighted by molar-refractivity contribution is 5.82. The number of rotatable bonds is 4. The summed E-state index contributed by atoms with van der Waals surface area (Å²) in [6, 6.07) is 10.7. The molecule has 19 heavy (non-hydrogen) atoms. The van der Waals surface area contributed by atoms with Crippen molar-refractivity contribution < 1.29 is 9.90 Å². The van der Waals surface area contributed by atoms with E-state index < -0.39 is 0 Å². The van der Waals surface area contributed by atoms with Crippen LogP contribution in [0, 0.1) is 0 Å². The summed E-state index contributed by atoms with van der Waals surface area (Å²) in [5, 5.41) is 9.14. The first-order chi connectivity index (χ1) is 9.15. The van der Waals surface area contributed by atoms with E-state index in [0.717, 1.165) is 23.0 Å². The summed E-state index contributed by atoms with van der Waals surface area (Å²) in [6.07, 6.45) is 1.25. The lowest BCUT2D eigenvalue weighted by atomic mass is 9.94. The third kappa shape index (κ3) is 2.74. The lowest BCUT2D eigenvalue weighted by Gasteiger charge is -2.13. The fourth-order valence-corrected chi connectivity index (χ4v) is 2.15. The Bertz CT molecular complexity index is 609. The Labute approximate surface area is 111 Å². The van der Waals surface area contributed by atoms with Crippen LogP contribution < -0.4 is 11.5 Å². The van der Waals surface area contributed by atoms with E-state index in [-0.39, 0.29) is 6.61 Å². The van der Waals surface area contributed by atoms with E-state index in [4.69, 9.17) is 16.6 Å². The van der Waals surface area contributed by atoms with E-state index in [1.807, 2.05) is 12.1 Å². The minimum Gasteiger partial charge on any atom is -0.399 e. The fourth-order valence-electron chi connectivity index (χ4n) is 2.15. The molecule has 0 amide bonds. The zero-order valence-corrected chi connectivity index (χ0v) is 10.5. The van der Waals surface area contributed by atoms with Crippen LogP contribution in [0.25, 0.3) is 11.1 Å². The van der Waals surface area contributed by atoms with Gasteiger partial charge in [0.1, 0.15) is 6.29 Å². The smallest absolute Gasteiger partial charge is 0.150 e. The molecule has 0 saturated heterocycles. The molecule has 4 nitrogen and oxygen atoms in total. The quantitative estimate of drug-likeness (QED) is 0.575. The highest BCUT2D eigenvalue weighted by Crippen LogP contribution is 2.31. The first-order valence-electron chi connectivity index (χ1n) is 6.00. The Balaban J connectivity index is 2.62. The van der Waals surface area contributed by atoms with Gasteiger partial charge in [0.2, 0.25) is 0 Å². The van der Waals surface area contributed by atoms with Gasteiger partial charge in [0.15, 0.2) is 0 Å². The van der Waals surface area contributed by atoms with Crippen molar-refractivity contribution in [2.24, 2.45) is 0 Å². The van der Waals surface area contributed by atoms with Crippen LogP contribution in [0.1, 0.15) is 15.9 Å². The molecule has 0 aromatic heterocycles. The Morgan fingerprint density at radius 3 is 2.63 bits per heavy atom. The third-order valence-corrected chi connectivity index (χ3v) is 3.00. The third-order valence-electron chi connectivity index (χ3n) is 3.00. The number of carbonyl (C=O) groups excluding carboxylic acids is 1. The minimum absolute atomic E-state index is 0.00842. The monoisotopic (exact) mass is 256 g/mol. The number of nitrogens with two attached hydrogens (primary N) is 2. The van der Waals surface area contributed by atoms with E-state index in [9.17, 15) is 4.79 Å². The second-order valence-electron chi connectivity index (χ2n) is 4.35. The largest absolute Gasteiger partial charge is 0.399 e. The average molecular weight is 256 g/mol. The van der Waals surface area contributed by atoms with E-state index in [0.29, 0.717) is 23.4 Å². The Morgan fingerprint density at radius 2 is 1.95 bits per heavy atom. The fraction of sp³-hybridized carbons (Fsp3) is 0.133. The van der Waals surface area contributed by atoms with Crippen LogP contribution in [0.3, 0.4) is 0 Å². The SMILES string of the molecule is Nc1cc(N)c(CCO)c(-c2cccc(C=O)c2)c1. The first kappa shape index (κ1) is 13.1. The summed E-state index contributed by atoms with van der Waals surface area (Å²) >= 11 is 0. The molecule has 0 unspecified atom stereocenters. The standard InChI is InChI=1S/C15H16N2O2/c16-12-7-14(13(4-5-18)15(17)8-12)11-3-1-2-10(6-11)9-19/h1-3,6-9,18H,4-5,16-17H2. The highest BCUT2D eigenvalue weighted by atomic mass is 16.2. The van der Waals surface area contributed by atoms with Crippen molar-refractivity contribution >= 4 is 17.7 Å². The number of aldehydes is 1. The molecule has 0 aliphatic carbocycles. The molecule has 2 aromatic carbocycles. The molecule has 98 valence electrons. The first-order valence-corrected chi connectivity index (χ1v) is 6.00. The van der Waals surface area contributed by atoms with Gasteiger partial charge < -0.3 is 16.6 Å². The number of anilines is 2. The second kappa shape index (κ2) is 5.54. The Hall–Kier alpha value is -2.33. The molecule has 0 radical (unpaired) electrons. The van der Waals surface area contributed by atoms with Crippen molar-refractivity contribution in [1.82, 2.24) is 0 Å². The summed E-state index contributed by atoms with van der Waals surface area (Å²) in [5.41, 5.74) is 16.1. The maximum atomic E-state index is 10.8. The summed E-state index contributed by atoms with van der Waals surface area (Å²) in [6.45, 7) is 0.00842. The van der Waals surface area contributed by atoms with Gasteiger partial charge in [-0.3, -0.25) is 4.79 Å². The molecule has 0 saturated carbocycles. The maximum Gasteiger partial charge on any atom is 0.150 e. The summed E-state index contributed by atoms with van der Waals surface area (Å²) in [7, 11) is 0. The summed E-state index contributed by atoms with van der Waals surface area (Å²) in [5.74, 6) is 0. The predicted octanol–water partition coefficient (Wildman–Crippen LogP) is 1.87. The molecule has 0 bridgehead atoms. The number of carbonyl (C=O) groups is 1. The van der Waals surface area contributed by atoms with Crippen molar-refractivity contribution in [3.05, 3.63) is 47.5 Å². The molecule has 2 rings (SSSR count). The van der Waals surface area contributed by atoms with Gasteiger partial charge in [-0.1, -0.05) is 18.2 Å². The summed E-state index contributed by atoms with van der Waals surface area (Å²) in [4.78, 5) is 10.8. The average Bonchev–Trinajstić information content (AvgIpc) is 2.41. The topological polar surface area (TPSA) is 89.3 Å². The lowest BCUT2D eigenvalue weighted by molar-refractivity contribution is 0.112. The van der Waals surface area contributed by atoms with Gasteiger partial charge in [-0.15, -0.1) is 0 Å². The van der Waals surface area contributed by atoms with Crippen LogP contribution in [-0.4, -0.2) is 18.0 Å². The zero-order valence-electron chi connectivity index (χ0n) is 10.5. The number of aliphatic hydroxyl groups is 1. The minimum atomic E-state index is 0.00842. The van der Waals surface area contributed by atoms with Crippen LogP contribution in [0.15, 0.2) is 36.4 Å². The Kier molecular flexibility index (Phi) is 3.82. The molecule has 0 spiro atoms. The normalized spacial score (nSPS) is 10.4. The molecule has 0 aliphatic heterocycles. The molecular formula is C15H16N2O2. The molecular weight excluding hydrogens is 240 g/mol. The maximum absolute atomic E-state index is 10.8. The van der Waals surface area contributed by atoms with Gasteiger partial charge in [0.25, 0.3) is 0 Å². The van der Waals surface area contributed by atoms with E-state index >= 15 is 0 Å². The van der Waals surface area contributed by atoms with Crippen LogP contribution in [0.2, 0.25) is 0 Å². The van der Waals surface area contributed by atoms with Crippen LogP contribution in [-0.2, 0) is 6.42 Å². The summed E-state index contributed by atoms with van der Waals surface area (Å²) < 4.78 is 0. The molecule has 0 aliphatic rings. The van der Waals surface area contributed by atoms with Crippen molar-refractivity contribution in [2.45, 2.75) is 6.42 Å². The molecule has 0 atom stereocenters. The second-order valence-corrected chi connectivity index (χ2v) is 4.35. The molecule has 4 heteroatoms. The molecule has 0 heterocycles. The highest BCUT2D eigenvalue weighted by Gasteiger charge is 2.10. The van der Waals surface area contributed by atoms with Crippen LogP contribution in [0.5, 0.6) is 0 Å². The van der Waals surface area contributed by atoms with Gasteiger partial charge in [-0.2, -0.15) is 0 Å². The number of nitrogen functional groups attached to an aromatic ring is 2. The van der Waals surface area contributed by atoms with Crippen molar-refractivity contribution in [3.8, 4) is 11.1 Å². The van der Waals surface area contributed by atoms with Crippen molar-refractivity contribution in [1.29, 1.82) is 0 Å². The van der Waals surface area contributed by atoms with Gasteiger partial charge in [-0.25, -0.2) is 0 Å². The van der Waals surface area contributed by atoms with Crippen molar-refractivity contribution in [2.75, 3.05) is 18.1 Å². The molecule has 2 aromatic rings. The van der Waals surface area contributed by atoms with Gasteiger partial charge >= 0.3 is 0 Å². The van der Waals surface area contributed by atoms with Gasteiger partial charge in [0.05, 0.1) is 0 Å². The van der Waals surface area contributed by atoms with E-state index in [1.54, 1.807) is 24.3 Å². The van der Waals surface area contributed by atoms with E-state index in [2.05, 4.69) is 0 Å². The van der Waals surface area contributed by atoms with Gasteiger partial charge in [-0.05, 0) is 41.3 Å². The van der Waals surface area contributed by atoms with Crippen LogP contribution >= 0.6 is 0 Å². The van der Waals surface area contributed by atoms with Crippen LogP contribution in [0.4, 0.5) is 11.4 Å². The zero-order chi connectivity index (χ0) is 13.8. The number of hydrogen-bond donors (Lipinski definition) is 3. The number of aliphatic hydroxyl groups excluding tert-OH is 1. The number of benzene rings is 2. The molecule has 0 fully saturated rings. The Morgan fingerprint density at radius 1 is 1.16 bits per heavy atom. The van der Waals surface area contributed by atoms with E-state index in [1.165, 1.54) is 0 Å². The van der Waals surface area contributed by atoms with Crippen molar-refractivity contribution in [3.63, 3.8) is 0 Å². The predicted molar refractivity (Wildman–Crippen MR) is 76.9 cm³/mol. The lowest BCUT2D eigenvalue weighted by Crippen LogP contribution is -2.02. The van der Waals surface area contributed by atoms with Gasteiger partial charge in [0, 0.05) is 23.5 Å².